The van der Waals surface area contributed by atoms with Gasteiger partial charge in [0.15, 0.2) is 5.69 Å². The largest absolute Gasteiger partial charge is 0.496 e. The van der Waals surface area contributed by atoms with Crippen molar-refractivity contribution in [3.63, 3.8) is 0 Å². The number of hydrogen-bond donors (Lipinski definition) is 2. The van der Waals surface area contributed by atoms with Crippen LogP contribution in [0.1, 0.15) is 51.0 Å². The lowest BCUT2D eigenvalue weighted by Gasteiger charge is -2.19. The number of benzene rings is 1. The zero-order valence-corrected chi connectivity index (χ0v) is 20.2. The van der Waals surface area contributed by atoms with Crippen LogP contribution in [0.2, 0.25) is 0 Å². The monoisotopic (exact) mass is 444 g/mol. The smallest absolute Gasteiger partial charge is 0.272 e. The van der Waals surface area contributed by atoms with Gasteiger partial charge in [-0.3, -0.25) is 14.3 Å². The number of hydrogen-bond acceptors (Lipinski definition) is 5. The van der Waals surface area contributed by atoms with Crippen LogP contribution in [-0.2, 0) is 11.3 Å². The molecule has 8 nitrogen and oxygen atoms in total. The van der Waals surface area contributed by atoms with Gasteiger partial charge >= 0.3 is 0 Å². The molecule has 1 aromatic carbocycles. The molecular weight excluding hydrogens is 408 g/mol. The van der Waals surface area contributed by atoms with Crippen LogP contribution in [0.15, 0.2) is 24.3 Å². The van der Waals surface area contributed by atoms with E-state index in [1.54, 1.807) is 27.3 Å². The fourth-order valence-electron chi connectivity index (χ4n) is 3.67. The maximum atomic E-state index is 13.1. The minimum atomic E-state index is -0.308. The first-order valence-electron chi connectivity index (χ1n) is 11.0. The quantitative estimate of drug-likeness (QED) is 0.553. The van der Waals surface area contributed by atoms with E-state index in [9.17, 15) is 9.59 Å². The molecule has 2 rings (SSSR count). The molecule has 0 spiro atoms. The van der Waals surface area contributed by atoms with Crippen molar-refractivity contribution in [2.75, 3.05) is 21.3 Å². The lowest BCUT2D eigenvalue weighted by atomic mass is 10.0. The molecule has 32 heavy (non-hydrogen) atoms. The number of nitrogens with one attached hydrogen (secondary N) is 2. The highest BCUT2D eigenvalue weighted by molar-refractivity contribution is 5.94. The normalized spacial score (nSPS) is 12.0. The maximum absolute atomic E-state index is 13.1. The Morgan fingerprint density at radius 3 is 2.19 bits per heavy atom. The summed E-state index contributed by atoms with van der Waals surface area (Å²) in [6, 6.07) is 7.04. The maximum Gasteiger partial charge on any atom is 0.272 e. The van der Waals surface area contributed by atoms with Crippen LogP contribution in [0.4, 0.5) is 0 Å². The minimum absolute atomic E-state index is 0.110. The van der Waals surface area contributed by atoms with Crippen molar-refractivity contribution in [3.05, 3.63) is 30.0 Å². The third-order valence-electron chi connectivity index (χ3n) is 5.04. The number of nitrogens with zero attached hydrogens (tertiary/aromatic N) is 2. The Morgan fingerprint density at radius 2 is 1.69 bits per heavy atom. The van der Waals surface area contributed by atoms with Gasteiger partial charge in [-0.25, -0.2) is 0 Å². The van der Waals surface area contributed by atoms with Crippen molar-refractivity contribution in [2.24, 2.45) is 11.8 Å². The van der Waals surface area contributed by atoms with E-state index in [0.717, 1.165) is 11.3 Å². The number of amides is 2. The fraction of sp³-hybridized carbons (Fsp3) is 0.542. The predicted molar refractivity (Wildman–Crippen MR) is 125 cm³/mol. The summed E-state index contributed by atoms with van der Waals surface area (Å²) in [7, 11) is 4.80. The minimum Gasteiger partial charge on any atom is -0.496 e. The average molecular weight is 445 g/mol. The van der Waals surface area contributed by atoms with Gasteiger partial charge in [-0.2, -0.15) is 5.10 Å². The fourth-order valence-corrected chi connectivity index (χ4v) is 3.67. The van der Waals surface area contributed by atoms with Crippen molar-refractivity contribution in [2.45, 2.75) is 53.1 Å². The van der Waals surface area contributed by atoms with Gasteiger partial charge in [-0.05, 0) is 36.5 Å². The SMILES string of the molecule is CNC(=O)CC(CC(C)C)NC(=O)c1cc(-c2c(OC)cccc2OC)n(CC(C)C)n1. The number of aromatic nitrogens is 2. The molecule has 176 valence electrons. The summed E-state index contributed by atoms with van der Waals surface area (Å²) in [6.07, 6.45) is 0.916. The van der Waals surface area contributed by atoms with Gasteiger partial charge in [-0.1, -0.05) is 33.8 Å². The zero-order chi connectivity index (χ0) is 23.8. The van der Waals surface area contributed by atoms with E-state index in [4.69, 9.17) is 9.47 Å². The van der Waals surface area contributed by atoms with Crippen molar-refractivity contribution in [1.82, 2.24) is 20.4 Å². The first kappa shape index (κ1) is 25.2. The molecule has 2 aromatic rings. The Balaban J connectivity index is 2.45. The molecule has 0 bridgehead atoms. The molecule has 0 aliphatic carbocycles. The van der Waals surface area contributed by atoms with E-state index in [0.29, 0.717) is 42.0 Å². The number of ether oxygens (including phenoxy) is 2. The third kappa shape index (κ3) is 6.48. The van der Waals surface area contributed by atoms with Gasteiger partial charge < -0.3 is 20.1 Å². The molecule has 2 N–H and O–H groups in total. The van der Waals surface area contributed by atoms with E-state index < -0.39 is 0 Å². The molecule has 0 aliphatic rings. The van der Waals surface area contributed by atoms with E-state index in [1.807, 2.05) is 22.9 Å². The molecule has 0 fully saturated rings. The number of methoxy groups -OCH3 is 2. The molecule has 0 aliphatic heterocycles. The molecule has 8 heteroatoms. The molecule has 0 saturated carbocycles. The van der Waals surface area contributed by atoms with Gasteiger partial charge in [0.05, 0.1) is 25.5 Å². The summed E-state index contributed by atoms with van der Waals surface area (Å²) in [4.78, 5) is 25.0. The average Bonchev–Trinajstić information content (AvgIpc) is 3.15. The first-order chi connectivity index (χ1) is 15.2. The van der Waals surface area contributed by atoms with Crippen molar-refractivity contribution >= 4 is 11.8 Å². The van der Waals surface area contributed by atoms with E-state index in [-0.39, 0.29) is 24.3 Å². The van der Waals surface area contributed by atoms with Gasteiger partial charge in [0.2, 0.25) is 5.91 Å². The third-order valence-corrected chi connectivity index (χ3v) is 5.04. The lowest BCUT2D eigenvalue weighted by Crippen LogP contribution is -2.39. The summed E-state index contributed by atoms with van der Waals surface area (Å²) in [5.41, 5.74) is 1.78. The Hall–Kier alpha value is -3.03. The highest BCUT2D eigenvalue weighted by Gasteiger charge is 2.24. The lowest BCUT2D eigenvalue weighted by molar-refractivity contribution is -0.121. The molecule has 1 unspecified atom stereocenters. The van der Waals surface area contributed by atoms with Crippen LogP contribution in [0.3, 0.4) is 0 Å². The van der Waals surface area contributed by atoms with Crippen LogP contribution < -0.4 is 20.1 Å². The van der Waals surface area contributed by atoms with Gasteiger partial charge in [0.1, 0.15) is 11.5 Å². The van der Waals surface area contributed by atoms with Gasteiger partial charge in [0.25, 0.3) is 5.91 Å². The van der Waals surface area contributed by atoms with Crippen LogP contribution in [0.5, 0.6) is 11.5 Å². The Kier molecular flexibility index (Phi) is 9.11. The van der Waals surface area contributed by atoms with E-state index >= 15 is 0 Å². The van der Waals surface area contributed by atoms with Crippen LogP contribution >= 0.6 is 0 Å². The van der Waals surface area contributed by atoms with E-state index in [1.165, 1.54) is 0 Å². The molecule has 1 heterocycles. The van der Waals surface area contributed by atoms with Crippen molar-refractivity contribution in [1.29, 1.82) is 0 Å². The first-order valence-corrected chi connectivity index (χ1v) is 11.0. The summed E-state index contributed by atoms with van der Waals surface area (Å²) in [6.45, 7) is 8.93. The number of carbonyl (C=O) groups excluding carboxylic acids is 2. The number of carbonyl (C=O) groups is 2. The van der Waals surface area contributed by atoms with Crippen molar-refractivity contribution < 1.29 is 19.1 Å². The molecule has 1 aromatic heterocycles. The summed E-state index contributed by atoms with van der Waals surface area (Å²) in [5.74, 6) is 1.50. The Morgan fingerprint density at radius 1 is 1.06 bits per heavy atom. The molecular formula is C24H36N4O4. The summed E-state index contributed by atoms with van der Waals surface area (Å²) >= 11 is 0. The molecule has 1 atom stereocenters. The summed E-state index contributed by atoms with van der Waals surface area (Å²) < 4.78 is 13.0. The molecule has 0 saturated heterocycles. The zero-order valence-electron chi connectivity index (χ0n) is 20.2. The number of rotatable bonds is 11. The summed E-state index contributed by atoms with van der Waals surface area (Å²) in [5, 5.41) is 10.2. The predicted octanol–water partition coefficient (Wildman–Crippen LogP) is 3.50. The Bertz CT molecular complexity index is 898. The van der Waals surface area contributed by atoms with Crippen LogP contribution in [-0.4, -0.2) is 48.9 Å². The van der Waals surface area contributed by atoms with E-state index in [2.05, 4.69) is 43.4 Å². The second-order valence-corrected chi connectivity index (χ2v) is 8.71. The standard InChI is InChI=1S/C24H36N4O4/c1-15(2)11-17(12-22(29)25-5)26-24(30)18-13-19(28(27-18)14-16(3)4)23-20(31-6)9-8-10-21(23)32-7/h8-10,13,15-17H,11-12,14H2,1-7H3,(H,25,29)(H,26,30). The van der Waals surface area contributed by atoms with Gasteiger partial charge in [-0.15, -0.1) is 0 Å². The highest BCUT2D eigenvalue weighted by atomic mass is 16.5. The topological polar surface area (TPSA) is 94.5 Å². The Labute approximate surface area is 190 Å². The van der Waals surface area contributed by atoms with Crippen molar-refractivity contribution in [3.8, 4) is 22.8 Å². The van der Waals surface area contributed by atoms with Crippen LogP contribution in [0, 0.1) is 11.8 Å². The second kappa shape index (κ2) is 11.5. The highest BCUT2D eigenvalue weighted by Crippen LogP contribution is 2.38. The molecule has 0 radical (unpaired) electrons. The van der Waals surface area contributed by atoms with Gasteiger partial charge in [0, 0.05) is 26.1 Å². The second-order valence-electron chi connectivity index (χ2n) is 8.71. The van der Waals surface area contributed by atoms with Crippen LogP contribution in [0.25, 0.3) is 11.3 Å². The molecule has 2 amide bonds.